The smallest absolute Gasteiger partial charge is 0.220 e. The van der Waals surface area contributed by atoms with Gasteiger partial charge >= 0.3 is 0 Å². The van der Waals surface area contributed by atoms with E-state index in [1.165, 1.54) is 0 Å². The van der Waals surface area contributed by atoms with Crippen LogP contribution >= 0.6 is 0 Å². The van der Waals surface area contributed by atoms with Crippen molar-refractivity contribution in [3.63, 3.8) is 0 Å². The third-order valence-electron chi connectivity index (χ3n) is 3.53. The van der Waals surface area contributed by atoms with Crippen molar-refractivity contribution in [1.82, 2.24) is 15.3 Å². The number of nitrogens with zero attached hydrogens (tertiary/aromatic N) is 2. The van der Waals surface area contributed by atoms with Crippen LogP contribution in [0.4, 0.5) is 0 Å². The van der Waals surface area contributed by atoms with Crippen LogP contribution in [0.15, 0.2) is 42.9 Å². The number of rotatable bonds is 7. The Hall–Kier alpha value is -2.43. The van der Waals surface area contributed by atoms with Crippen molar-refractivity contribution in [2.45, 2.75) is 45.6 Å². The van der Waals surface area contributed by atoms with Gasteiger partial charge in [-0.1, -0.05) is 39.0 Å². The molecule has 1 aromatic carbocycles. The third kappa shape index (κ3) is 5.65. The van der Waals surface area contributed by atoms with Crippen LogP contribution < -0.4 is 10.1 Å². The monoisotopic (exact) mass is 327 g/mol. The molecule has 0 saturated carbocycles. The average Bonchev–Trinajstić information content (AvgIpc) is 2.57. The van der Waals surface area contributed by atoms with Crippen LogP contribution in [0, 0.1) is 0 Å². The normalized spacial score (nSPS) is 11.1. The molecular weight excluding hydrogens is 302 g/mol. The van der Waals surface area contributed by atoms with Gasteiger partial charge in [0.15, 0.2) is 0 Å². The molecule has 1 heterocycles. The van der Waals surface area contributed by atoms with Gasteiger partial charge in [-0.05, 0) is 18.6 Å². The second-order valence-corrected chi connectivity index (χ2v) is 6.69. The van der Waals surface area contributed by atoms with Gasteiger partial charge < -0.3 is 10.1 Å². The van der Waals surface area contributed by atoms with Gasteiger partial charge in [0, 0.05) is 30.1 Å². The van der Waals surface area contributed by atoms with E-state index < -0.39 is 0 Å². The van der Waals surface area contributed by atoms with Gasteiger partial charge in [0.05, 0.1) is 12.3 Å². The van der Waals surface area contributed by atoms with Crippen molar-refractivity contribution >= 4 is 5.91 Å². The molecule has 1 aromatic heterocycles. The van der Waals surface area contributed by atoms with Gasteiger partial charge in [-0.25, -0.2) is 9.97 Å². The molecule has 5 heteroatoms. The average molecular weight is 327 g/mol. The number of ether oxygens (including phenoxy) is 1. The summed E-state index contributed by atoms with van der Waals surface area (Å²) in [4.78, 5) is 20.4. The Morgan fingerprint density at radius 3 is 2.67 bits per heavy atom. The third-order valence-corrected chi connectivity index (χ3v) is 3.53. The highest BCUT2D eigenvalue weighted by atomic mass is 16.5. The number of hydrogen-bond donors (Lipinski definition) is 1. The number of nitrogens with one attached hydrogen (secondary N) is 1. The molecule has 0 aliphatic carbocycles. The highest BCUT2D eigenvalue weighted by molar-refractivity contribution is 5.75. The van der Waals surface area contributed by atoms with Crippen LogP contribution in [0.2, 0.25) is 0 Å². The Morgan fingerprint density at radius 1 is 1.21 bits per heavy atom. The predicted octanol–water partition coefficient (Wildman–Crippen LogP) is 3.25. The molecule has 0 radical (unpaired) electrons. The van der Waals surface area contributed by atoms with Gasteiger partial charge in [-0.15, -0.1) is 0 Å². The first-order valence-corrected chi connectivity index (χ1v) is 8.21. The lowest BCUT2D eigenvalue weighted by molar-refractivity contribution is -0.121. The zero-order valence-electron chi connectivity index (χ0n) is 14.6. The first kappa shape index (κ1) is 17.9. The summed E-state index contributed by atoms with van der Waals surface area (Å²) in [5.41, 5.74) is 1.84. The van der Waals surface area contributed by atoms with Crippen molar-refractivity contribution in [1.29, 1.82) is 0 Å². The number of aromatic nitrogens is 2. The zero-order valence-corrected chi connectivity index (χ0v) is 14.6. The van der Waals surface area contributed by atoms with Gasteiger partial charge in [-0.2, -0.15) is 0 Å². The summed E-state index contributed by atoms with van der Waals surface area (Å²) in [6.45, 7) is 7.27. The number of amides is 1. The molecule has 0 aliphatic rings. The molecule has 2 aromatic rings. The first-order chi connectivity index (χ1) is 11.5. The lowest BCUT2D eigenvalue weighted by Gasteiger charge is -2.21. The second-order valence-electron chi connectivity index (χ2n) is 6.69. The Labute approximate surface area is 143 Å². The van der Waals surface area contributed by atoms with Crippen molar-refractivity contribution in [3.8, 4) is 5.75 Å². The molecule has 0 saturated heterocycles. The second kappa shape index (κ2) is 8.43. The van der Waals surface area contributed by atoms with E-state index in [1.54, 1.807) is 12.5 Å². The minimum atomic E-state index is -0.0769. The lowest BCUT2D eigenvalue weighted by atomic mass is 9.89. The molecule has 1 amide bonds. The number of carbonyl (C=O) groups is 1. The van der Waals surface area contributed by atoms with E-state index in [9.17, 15) is 4.79 Å². The standard InChI is InChI=1S/C19H25N3O2/c1-19(2,3)18-15(12-20-14-22-18)13-21-17(23)10-7-11-24-16-8-5-4-6-9-16/h4-6,8-9,12,14H,7,10-11,13H2,1-3H3,(H,21,23). The van der Waals surface area contributed by atoms with Crippen LogP contribution in [0.25, 0.3) is 0 Å². The highest BCUT2D eigenvalue weighted by Crippen LogP contribution is 2.22. The molecule has 2 rings (SSSR count). The SMILES string of the molecule is CC(C)(C)c1ncncc1CNC(=O)CCCOc1ccccc1. The molecule has 0 bridgehead atoms. The molecule has 0 aliphatic heterocycles. The number of hydrogen-bond acceptors (Lipinski definition) is 4. The lowest BCUT2D eigenvalue weighted by Crippen LogP contribution is -2.26. The van der Waals surface area contributed by atoms with Gasteiger partial charge in [-0.3, -0.25) is 4.79 Å². The molecule has 5 nitrogen and oxygen atoms in total. The minimum absolute atomic E-state index is 0.00961. The first-order valence-electron chi connectivity index (χ1n) is 8.21. The van der Waals surface area contributed by atoms with E-state index in [0.29, 0.717) is 26.0 Å². The van der Waals surface area contributed by atoms with Crippen LogP contribution in [-0.2, 0) is 16.8 Å². The largest absolute Gasteiger partial charge is 0.494 e. The molecule has 0 unspecified atom stereocenters. The van der Waals surface area contributed by atoms with E-state index in [1.807, 2.05) is 30.3 Å². The highest BCUT2D eigenvalue weighted by Gasteiger charge is 2.19. The fourth-order valence-electron chi connectivity index (χ4n) is 2.38. The summed E-state index contributed by atoms with van der Waals surface area (Å²) in [5.74, 6) is 0.838. The summed E-state index contributed by atoms with van der Waals surface area (Å²) >= 11 is 0. The summed E-state index contributed by atoms with van der Waals surface area (Å²) in [7, 11) is 0. The Morgan fingerprint density at radius 2 is 1.96 bits per heavy atom. The molecular formula is C19H25N3O2. The maximum absolute atomic E-state index is 12.0. The van der Waals surface area contributed by atoms with Crippen molar-refractivity contribution in [2.75, 3.05) is 6.61 Å². The van der Waals surface area contributed by atoms with Gasteiger partial charge in [0.2, 0.25) is 5.91 Å². The van der Waals surface area contributed by atoms with E-state index >= 15 is 0 Å². The number of para-hydroxylation sites is 1. The molecule has 24 heavy (non-hydrogen) atoms. The molecule has 128 valence electrons. The van der Waals surface area contributed by atoms with Gasteiger partial charge in [0.1, 0.15) is 12.1 Å². The zero-order chi connectivity index (χ0) is 17.4. The van der Waals surface area contributed by atoms with Crippen LogP contribution in [0.3, 0.4) is 0 Å². The van der Waals surface area contributed by atoms with Crippen LogP contribution in [0.5, 0.6) is 5.75 Å². The molecule has 1 N–H and O–H groups in total. The maximum atomic E-state index is 12.0. The Balaban J connectivity index is 1.74. The summed E-state index contributed by atoms with van der Waals surface area (Å²) in [6.07, 6.45) is 4.43. The predicted molar refractivity (Wildman–Crippen MR) is 93.7 cm³/mol. The fraction of sp³-hybridized carbons (Fsp3) is 0.421. The fourth-order valence-corrected chi connectivity index (χ4v) is 2.38. The van der Waals surface area contributed by atoms with E-state index in [4.69, 9.17) is 4.74 Å². The Bertz CT molecular complexity index is 651. The maximum Gasteiger partial charge on any atom is 0.220 e. The van der Waals surface area contributed by atoms with E-state index in [0.717, 1.165) is 17.0 Å². The van der Waals surface area contributed by atoms with E-state index in [2.05, 4.69) is 36.1 Å². The molecule has 0 atom stereocenters. The van der Waals surface area contributed by atoms with Gasteiger partial charge in [0.25, 0.3) is 0 Å². The summed E-state index contributed by atoms with van der Waals surface area (Å²) in [6, 6.07) is 9.61. The summed E-state index contributed by atoms with van der Waals surface area (Å²) < 4.78 is 5.58. The minimum Gasteiger partial charge on any atom is -0.494 e. The van der Waals surface area contributed by atoms with Crippen LogP contribution in [-0.4, -0.2) is 22.5 Å². The number of carbonyl (C=O) groups excluding carboxylic acids is 1. The summed E-state index contributed by atoms with van der Waals surface area (Å²) in [5, 5.41) is 2.94. The molecule has 0 spiro atoms. The Kier molecular flexibility index (Phi) is 6.29. The quantitative estimate of drug-likeness (QED) is 0.793. The molecule has 0 fully saturated rings. The van der Waals surface area contributed by atoms with Crippen molar-refractivity contribution in [3.05, 3.63) is 54.1 Å². The topological polar surface area (TPSA) is 64.1 Å². The van der Waals surface area contributed by atoms with Crippen molar-refractivity contribution in [2.24, 2.45) is 0 Å². The van der Waals surface area contributed by atoms with Crippen molar-refractivity contribution < 1.29 is 9.53 Å². The van der Waals surface area contributed by atoms with Crippen LogP contribution in [0.1, 0.15) is 44.9 Å². The van der Waals surface area contributed by atoms with E-state index in [-0.39, 0.29) is 11.3 Å². The number of benzene rings is 1.